The fraction of sp³-hybridized carbons (Fsp3) is 0.600. The van der Waals surface area contributed by atoms with Crippen molar-refractivity contribution in [2.75, 3.05) is 18.8 Å². The lowest BCUT2D eigenvalue weighted by Crippen LogP contribution is -2.12. The van der Waals surface area contributed by atoms with E-state index in [0.29, 0.717) is 13.1 Å². The first kappa shape index (κ1) is 7.71. The molecule has 10 heavy (non-hydrogen) atoms. The molecule has 1 rings (SSSR count). The molecule has 5 heteroatoms. The summed E-state index contributed by atoms with van der Waals surface area (Å²) in [6.07, 6.45) is 1.30. The van der Waals surface area contributed by atoms with Gasteiger partial charge in [0.05, 0.1) is 5.75 Å². The molecule has 0 unspecified atom stereocenters. The SMILES string of the molecule is C=CCS(=O)(=O)ON1CC1. The van der Waals surface area contributed by atoms with E-state index in [-0.39, 0.29) is 5.75 Å². The molecule has 1 heterocycles. The molecule has 0 amide bonds. The summed E-state index contributed by atoms with van der Waals surface area (Å²) < 4.78 is 26.0. The third-order valence-electron chi connectivity index (χ3n) is 0.947. The molecule has 1 saturated heterocycles. The number of hydrogen-bond donors (Lipinski definition) is 0. The van der Waals surface area contributed by atoms with Crippen molar-refractivity contribution in [3.63, 3.8) is 0 Å². The zero-order valence-electron chi connectivity index (χ0n) is 5.49. The van der Waals surface area contributed by atoms with Gasteiger partial charge in [0.25, 0.3) is 10.1 Å². The molecule has 0 spiro atoms. The van der Waals surface area contributed by atoms with Crippen LogP contribution in [-0.4, -0.2) is 32.3 Å². The van der Waals surface area contributed by atoms with Crippen LogP contribution in [0.25, 0.3) is 0 Å². The second kappa shape index (κ2) is 2.69. The molecule has 1 aliphatic rings. The Bertz CT molecular complexity index is 217. The molecule has 0 saturated carbocycles. The molecule has 0 aliphatic carbocycles. The Kier molecular flexibility index (Phi) is 2.08. The van der Waals surface area contributed by atoms with Crippen LogP contribution in [0.3, 0.4) is 0 Å². The van der Waals surface area contributed by atoms with Gasteiger partial charge in [0.1, 0.15) is 0 Å². The average Bonchev–Trinajstić information content (AvgIpc) is 2.48. The zero-order chi connectivity index (χ0) is 7.61. The molecular weight excluding hydrogens is 154 g/mol. The van der Waals surface area contributed by atoms with Crippen molar-refractivity contribution in [3.05, 3.63) is 12.7 Å². The molecular formula is C5H9NO3S. The van der Waals surface area contributed by atoms with Crippen molar-refractivity contribution in [1.82, 2.24) is 5.06 Å². The van der Waals surface area contributed by atoms with Gasteiger partial charge in [0.2, 0.25) is 0 Å². The van der Waals surface area contributed by atoms with Crippen molar-refractivity contribution in [3.8, 4) is 0 Å². The van der Waals surface area contributed by atoms with Crippen molar-refractivity contribution < 1.29 is 12.7 Å². The molecule has 58 valence electrons. The normalized spacial score (nSPS) is 18.8. The van der Waals surface area contributed by atoms with Crippen LogP contribution in [0.1, 0.15) is 0 Å². The van der Waals surface area contributed by atoms with Gasteiger partial charge in [-0.15, -0.1) is 6.58 Å². The van der Waals surface area contributed by atoms with E-state index < -0.39 is 10.1 Å². The van der Waals surface area contributed by atoms with Gasteiger partial charge >= 0.3 is 0 Å². The lowest BCUT2D eigenvalue weighted by Gasteiger charge is -1.99. The fourth-order valence-electron chi connectivity index (χ4n) is 0.451. The number of hydrogen-bond acceptors (Lipinski definition) is 4. The van der Waals surface area contributed by atoms with Gasteiger partial charge in [0, 0.05) is 13.1 Å². The molecule has 0 radical (unpaired) electrons. The molecule has 0 aromatic heterocycles. The van der Waals surface area contributed by atoms with E-state index in [1.165, 1.54) is 11.1 Å². The maximum Gasteiger partial charge on any atom is 0.287 e. The van der Waals surface area contributed by atoms with E-state index in [0.717, 1.165) is 0 Å². The summed E-state index contributed by atoms with van der Waals surface area (Å²) in [5.74, 6) is -0.122. The minimum Gasteiger partial charge on any atom is -0.198 e. The first-order valence-corrected chi connectivity index (χ1v) is 4.50. The van der Waals surface area contributed by atoms with Gasteiger partial charge in [0.15, 0.2) is 0 Å². The van der Waals surface area contributed by atoms with Crippen LogP contribution in [0, 0.1) is 0 Å². The van der Waals surface area contributed by atoms with Gasteiger partial charge < -0.3 is 0 Å². The van der Waals surface area contributed by atoms with Crippen LogP contribution in [0.2, 0.25) is 0 Å². The first-order valence-electron chi connectivity index (χ1n) is 2.92. The minimum atomic E-state index is -3.36. The van der Waals surface area contributed by atoms with Crippen molar-refractivity contribution in [2.24, 2.45) is 0 Å². The topological polar surface area (TPSA) is 46.4 Å². The van der Waals surface area contributed by atoms with Crippen LogP contribution < -0.4 is 0 Å². The third kappa shape index (κ3) is 2.47. The number of rotatable bonds is 4. The van der Waals surface area contributed by atoms with E-state index in [9.17, 15) is 8.42 Å². The standard InChI is InChI=1S/C5H9NO3S/c1-2-5-10(7,8)9-6-3-4-6/h2H,1,3-5H2. The second-order valence-electron chi connectivity index (χ2n) is 2.02. The van der Waals surface area contributed by atoms with Crippen molar-refractivity contribution >= 4 is 10.1 Å². The van der Waals surface area contributed by atoms with Crippen LogP contribution in [-0.2, 0) is 14.4 Å². The van der Waals surface area contributed by atoms with Crippen LogP contribution in [0.15, 0.2) is 12.7 Å². The fourth-order valence-corrected chi connectivity index (χ4v) is 1.27. The highest BCUT2D eigenvalue weighted by molar-refractivity contribution is 7.86. The van der Waals surface area contributed by atoms with Gasteiger partial charge in [-0.25, -0.2) is 0 Å². The largest absolute Gasteiger partial charge is 0.287 e. The highest BCUT2D eigenvalue weighted by atomic mass is 32.2. The molecule has 0 aromatic rings. The Balaban J connectivity index is 2.41. The number of hydroxylamine groups is 2. The van der Waals surface area contributed by atoms with Gasteiger partial charge in [-0.05, 0) is 0 Å². The monoisotopic (exact) mass is 163 g/mol. The summed E-state index contributed by atoms with van der Waals surface area (Å²) in [4.78, 5) is 0. The Hall–Kier alpha value is -0.390. The molecule has 1 aliphatic heterocycles. The van der Waals surface area contributed by atoms with Crippen molar-refractivity contribution in [2.45, 2.75) is 0 Å². The molecule has 0 atom stereocenters. The van der Waals surface area contributed by atoms with E-state index in [2.05, 4.69) is 10.9 Å². The zero-order valence-corrected chi connectivity index (χ0v) is 6.30. The maximum absolute atomic E-state index is 10.7. The lowest BCUT2D eigenvalue weighted by atomic mass is 10.8. The Morgan fingerprint density at radius 3 is 2.60 bits per heavy atom. The lowest BCUT2D eigenvalue weighted by molar-refractivity contribution is 0.0795. The predicted molar refractivity (Wildman–Crippen MR) is 36.6 cm³/mol. The first-order chi connectivity index (χ1) is 4.64. The second-order valence-corrected chi connectivity index (χ2v) is 3.61. The Morgan fingerprint density at radius 1 is 1.60 bits per heavy atom. The third-order valence-corrected chi connectivity index (χ3v) is 2.03. The Morgan fingerprint density at radius 2 is 2.20 bits per heavy atom. The van der Waals surface area contributed by atoms with E-state index in [1.54, 1.807) is 0 Å². The molecule has 4 nitrogen and oxygen atoms in total. The average molecular weight is 163 g/mol. The summed E-state index contributed by atoms with van der Waals surface area (Å²) in [6.45, 7) is 4.71. The van der Waals surface area contributed by atoms with E-state index in [1.807, 2.05) is 0 Å². The van der Waals surface area contributed by atoms with Gasteiger partial charge in [-0.3, -0.25) is 0 Å². The summed E-state index contributed by atoms with van der Waals surface area (Å²) >= 11 is 0. The smallest absolute Gasteiger partial charge is 0.198 e. The summed E-state index contributed by atoms with van der Waals surface area (Å²) in [6, 6.07) is 0. The minimum absolute atomic E-state index is 0.122. The quantitative estimate of drug-likeness (QED) is 0.423. The summed E-state index contributed by atoms with van der Waals surface area (Å²) in [5.41, 5.74) is 0. The van der Waals surface area contributed by atoms with Gasteiger partial charge in [-0.1, -0.05) is 6.08 Å². The summed E-state index contributed by atoms with van der Waals surface area (Å²) in [7, 11) is -3.36. The van der Waals surface area contributed by atoms with Gasteiger partial charge in [-0.2, -0.15) is 17.8 Å². The Labute approximate surface area is 60.2 Å². The molecule has 1 fully saturated rings. The molecule has 0 bridgehead atoms. The highest BCUT2D eigenvalue weighted by Gasteiger charge is 2.24. The number of nitrogens with zero attached hydrogens (tertiary/aromatic N) is 1. The maximum atomic E-state index is 10.7. The molecule has 0 N–H and O–H groups in total. The predicted octanol–water partition coefficient (Wildman–Crippen LogP) is -0.251. The summed E-state index contributed by atoms with van der Waals surface area (Å²) in [5, 5.41) is 1.37. The van der Waals surface area contributed by atoms with E-state index in [4.69, 9.17) is 0 Å². The van der Waals surface area contributed by atoms with Crippen LogP contribution >= 0.6 is 0 Å². The van der Waals surface area contributed by atoms with Crippen LogP contribution in [0.5, 0.6) is 0 Å². The van der Waals surface area contributed by atoms with Crippen LogP contribution in [0.4, 0.5) is 0 Å². The van der Waals surface area contributed by atoms with Crippen molar-refractivity contribution in [1.29, 1.82) is 0 Å². The highest BCUT2D eigenvalue weighted by Crippen LogP contribution is 2.08. The van der Waals surface area contributed by atoms with E-state index >= 15 is 0 Å². The molecule has 0 aromatic carbocycles.